The highest BCUT2D eigenvalue weighted by atomic mass is 16.5. The van der Waals surface area contributed by atoms with Crippen molar-refractivity contribution in [3.05, 3.63) is 56.1 Å². The first kappa shape index (κ1) is 15.5. The van der Waals surface area contributed by atoms with Gasteiger partial charge in [-0.25, -0.2) is 9.59 Å². The number of H-pyrrole nitrogens is 2. The van der Waals surface area contributed by atoms with Gasteiger partial charge in [-0.2, -0.15) is 0 Å². The van der Waals surface area contributed by atoms with Crippen molar-refractivity contribution >= 4 is 33.7 Å². The largest absolute Gasteiger partial charge is 0.477 e. The summed E-state index contributed by atoms with van der Waals surface area (Å²) in [7, 11) is 0. The molecule has 0 saturated heterocycles. The summed E-state index contributed by atoms with van der Waals surface area (Å²) in [5.41, 5.74) is -1.14. The summed E-state index contributed by atoms with van der Waals surface area (Å²) in [6, 6.07) is 2.73. The fourth-order valence-corrected chi connectivity index (χ4v) is 2.51. The van der Waals surface area contributed by atoms with Gasteiger partial charge < -0.3 is 19.8 Å². The molecule has 3 rings (SSSR count). The van der Waals surface area contributed by atoms with Crippen LogP contribution in [0.4, 0.5) is 0 Å². The second-order valence-electron chi connectivity index (χ2n) is 5.00. The van der Waals surface area contributed by atoms with E-state index in [0.29, 0.717) is 5.52 Å². The first-order chi connectivity index (χ1) is 11.5. The molecule has 0 aliphatic rings. The maximum atomic E-state index is 12.4. The van der Waals surface area contributed by atoms with Crippen LogP contribution < -0.4 is 10.9 Å². The van der Waals surface area contributed by atoms with Crippen LogP contribution in [0.1, 0.15) is 27.6 Å². The van der Waals surface area contributed by atoms with Gasteiger partial charge in [0.15, 0.2) is 0 Å². The molecule has 0 radical (unpaired) electrons. The summed E-state index contributed by atoms with van der Waals surface area (Å²) >= 11 is 0. The van der Waals surface area contributed by atoms with Crippen LogP contribution in [0.3, 0.4) is 0 Å². The zero-order chi connectivity index (χ0) is 17.4. The number of esters is 1. The Kier molecular flexibility index (Phi) is 3.64. The van der Waals surface area contributed by atoms with Crippen molar-refractivity contribution in [3.63, 3.8) is 0 Å². The third-order valence-corrected chi connectivity index (χ3v) is 3.63. The van der Waals surface area contributed by atoms with Crippen molar-refractivity contribution in [1.82, 2.24) is 9.97 Å². The van der Waals surface area contributed by atoms with Crippen molar-refractivity contribution in [1.29, 1.82) is 0 Å². The monoisotopic (exact) mass is 328 g/mol. The van der Waals surface area contributed by atoms with Gasteiger partial charge >= 0.3 is 11.9 Å². The maximum absolute atomic E-state index is 12.4. The van der Waals surface area contributed by atoms with Gasteiger partial charge in [-0.1, -0.05) is 0 Å². The molecule has 0 amide bonds. The zero-order valence-corrected chi connectivity index (χ0v) is 12.5. The number of benzene rings is 1. The van der Waals surface area contributed by atoms with E-state index in [9.17, 15) is 19.2 Å². The van der Waals surface area contributed by atoms with Crippen LogP contribution >= 0.6 is 0 Å². The molecular weight excluding hydrogens is 316 g/mol. The number of carboxylic acids is 1. The highest BCUT2D eigenvalue weighted by Gasteiger charge is 2.17. The van der Waals surface area contributed by atoms with Crippen molar-refractivity contribution < 1.29 is 19.4 Å². The molecule has 0 aliphatic heterocycles. The van der Waals surface area contributed by atoms with E-state index in [1.165, 1.54) is 18.3 Å². The first-order valence-corrected chi connectivity index (χ1v) is 7.06. The number of carboxylic acid groups (broad SMARTS) is 1. The molecule has 3 aromatic rings. The molecule has 2 aromatic heterocycles. The molecule has 8 nitrogen and oxygen atoms in total. The number of rotatable bonds is 3. The fourth-order valence-electron chi connectivity index (χ4n) is 2.51. The average Bonchev–Trinajstić information content (AvgIpc) is 2.55. The van der Waals surface area contributed by atoms with Gasteiger partial charge in [0.05, 0.1) is 17.6 Å². The predicted molar refractivity (Wildman–Crippen MR) is 85.6 cm³/mol. The summed E-state index contributed by atoms with van der Waals surface area (Å²) in [5.74, 6) is -2.08. The van der Waals surface area contributed by atoms with Crippen molar-refractivity contribution in [2.45, 2.75) is 6.92 Å². The standard InChI is InChI=1S/C16H12N2O6/c1-2-24-16(23)10-6-18-12-8(14(10)20)4-3-7-11(12)17-5-9(13(7)19)15(21)22/h3-6H,2H2,1H3,(H,17,19)(H,18,20)(H,21,22). The van der Waals surface area contributed by atoms with E-state index >= 15 is 0 Å². The van der Waals surface area contributed by atoms with Crippen LogP contribution in [0.2, 0.25) is 0 Å². The number of carbonyl (C=O) groups excluding carboxylic acids is 1. The molecule has 8 heteroatoms. The molecule has 0 fully saturated rings. The first-order valence-electron chi connectivity index (χ1n) is 7.06. The van der Waals surface area contributed by atoms with Crippen LogP contribution in [0.5, 0.6) is 0 Å². The number of aromatic carboxylic acids is 1. The molecule has 3 N–H and O–H groups in total. The van der Waals surface area contributed by atoms with E-state index in [4.69, 9.17) is 9.84 Å². The molecule has 0 bridgehead atoms. The molecule has 0 unspecified atom stereocenters. The SMILES string of the molecule is CCOC(=O)c1c[nH]c2c(ccc3c(=O)c(C(=O)O)c[nH]c32)c1=O. The summed E-state index contributed by atoms with van der Waals surface area (Å²) in [4.78, 5) is 53.0. The van der Waals surface area contributed by atoms with Gasteiger partial charge in [-0.3, -0.25) is 9.59 Å². The summed E-state index contributed by atoms with van der Waals surface area (Å²) in [5, 5.41) is 9.31. The number of aromatic nitrogens is 2. The predicted octanol–water partition coefficient (Wildman–Crippen LogP) is 1.24. The van der Waals surface area contributed by atoms with Crippen LogP contribution in [0.25, 0.3) is 21.8 Å². The molecular formula is C16H12N2O6. The van der Waals surface area contributed by atoms with Gasteiger partial charge in [0.1, 0.15) is 11.1 Å². The Morgan fingerprint density at radius 2 is 1.50 bits per heavy atom. The minimum atomic E-state index is -1.34. The van der Waals surface area contributed by atoms with Gasteiger partial charge in [0.2, 0.25) is 10.9 Å². The maximum Gasteiger partial charge on any atom is 0.343 e. The van der Waals surface area contributed by atoms with Crippen molar-refractivity contribution in [3.8, 4) is 0 Å². The Hall–Kier alpha value is -3.42. The minimum Gasteiger partial charge on any atom is -0.477 e. The topological polar surface area (TPSA) is 129 Å². The Morgan fingerprint density at radius 1 is 1.00 bits per heavy atom. The average molecular weight is 328 g/mol. The van der Waals surface area contributed by atoms with Crippen molar-refractivity contribution in [2.24, 2.45) is 0 Å². The quantitative estimate of drug-likeness (QED) is 0.490. The third-order valence-electron chi connectivity index (χ3n) is 3.63. The summed E-state index contributed by atoms with van der Waals surface area (Å²) in [6.45, 7) is 1.77. The van der Waals surface area contributed by atoms with E-state index in [1.54, 1.807) is 6.92 Å². The van der Waals surface area contributed by atoms with Crippen molar-refractivity contribution in [2.75, 3.05) is 6.61 Å². The Morgan fingerprint density at radius 3 is 2.00 bits per heavy atom. The molecule has 24 heavy (non-hydrogen) atoms. The number of carbonyl (C=O) groups is 2. The van der Waals surface area contributed by atoms with Crippen LogP contribution in [0, 0.1) is 0 Å². The lowest BCUT2D eigenvalue weighted by molar-refractivity contribution is 0.0524. The number of fused-ring (bicyclic) bond motifs is 3. The molecule has 2 heterocycles. The lowest BCUT2D eigenvalue weighted by Crippen LogP contribution is -2.19. The third kappa shape index (κ3) is 2.24. The summed E-state index contributed by atoms with van der Waals surface area (Å²) in [6.07, 6.45) is 2.29. The van der Waals surface area contributed by atoms with Gasteiger partial charge in [-0.05, 0) is 19.1 Å². The molecule has 1 aromatic carbocycles. The second kappa shape index (κ2) is 5.65. The van der Waals surface area contributed by atoms with E-state index in [-0.39, 0.29) is 28.5 Å². The number of hydrogen-bond acceptors (Lipinski definition) is 5. The second-order valence-corrected chi connectivity index (χ2v) is 5.00. The lowest BCUT2D eigenvalue weighted by atomic mass is 10.1. The van der Waals surface area contributed by atoms with Gasteiger partial charge in [-0.15, -0.1) is 0 Å². The fraction of sp³-hybridized carbons (Fsp3) is 0.125. The minimum absolute atomic E-state index is 0.127. The number of nitrogens with one attached hydrogen (secondary N) is 2. The number of ether oxygens (including phenoxy) is 1. The van der Waals surface area contributed by atoms with Crippen LogP contribution in [-0.2, 0) is 4.74 Å². The molecule has 0 aliphatic carbocycles. The van der Waals surface area contributed by atoms with Gasteiger partial charge in [0, 0.05) is 23.2 Å². The Balaban J connectivity index is 2.34. The Bertz CT molecular complexity index is 1110. The number of pyridine rings is 2. The van der Waals surface area contributed by atoms with E-state index in [1.807, 2.05) is 0 Å². The molecule has 122 valence electrons. The smallest absolute Gasteiger partial charge is 0.343 e. The summed E-state index contributed by atoms with van der Waals surface area (Å²) < 4.78 is 4.82. The molecule has 0 saturated carbocycles. The lowest BCUT2D eigenvalue weighted by Gasteiger charge is -2.06. The normalized spacial score (nSPS) is 10.9. The highest BCUT2D eigenvalue weighted by Crippen LogP contribution is 2.18. The molecule has 0 atom stereocenters. The zero-order valence-electron chi connectivity index (χ0n) is 12.5. The number of aromatic amines is 2. The van der Waals surface area contributed by atoms with E-state index < -0.39 is 28.4 Å². The van der Waals surface area contributed by atoms with Crippen LogP contribution in [0.15, 0.2) is 34.1 Å². The molecule has 0 spiro atoms. The van der Waals surface area contributed by atoms with Gasteiger partial charge in [0.25, 0.3) is 0 Å². The highest BCUT2D eigenvalue weighted by molar-refractivity contribution is 6.05. The number of hydrogen-bond donors (Lipinski definition) is 3. The van der Waals surface area contributed by atoms with Crippen LogP contribution in [-0.4, -0.2) is 33.6 Å². The van der Waals surface area contributed by atoms with E-state index in [0.717, 1.165) is 6.20 Å². The van der Waals surface area contributed by atoms with E-state index in [2.05, 4.69) is 9.97 Å². The Labute approximate surface area is 133 Å².